The Morgan fingerprint density at radius 3 is 2.96 bits per heavy atom. The minimum absolute atomic E-state index is 0.0784. The number of nitrogens with one attached hydrogen (secondary N) is 1. The van der Waals surface area contributed by atoms with Gasteiger partial charge in [-0.3, -0.25) is 10.1 Å². The number of hydrogen-bond acceptors (Lipinski definition) is 6. The third kappa shape index (κ3) is 3.15. The van der Waals surface area contributed by atoms with Crippen LogP contribution in [0, 0.1) is 6.92 Å². The average molecular weight is 366 g/mol. The van der Waals surface area contributed by atoms with E-state index in [1.165, 1.54) is 29.7 Å². The predicted molar refractivity (Wildman–Crippen MR) is 102 cm³/mol. The van der Waals surface area contributed by atoms with Gasteiger partial charge in [-0.1, -0.05) is 30.7 Å². The number of carbonyl (C=O) groups excluding carboxylic acids is 1. The van der Waals surface area contributed by atoms with E-state index in [4.69, 9.17) is 0 Å². The summed E-state index contributed by atoms with van der Waals surface area (Å²) in [6.45, 7) is 4.07. The van der Waals surface area contributed by atoms with Crippen LogP contribution in [0.2, 0.25) is 0 Å². The minimum Gasteiger partial charge on any atom is -0.295 e. The van der Waals surface area contributed by atoms with Crippen molar-refractivity contribution >= 4 is 38.4 Å². The van der Waals surface area contributed by atoms with Crippen LogP contribution in [0.15, 0.2) is 30.5 Å². The molecule has 3 heterocycles. The van der Waals surface area contributed by atoms with Gasteiger partial charge >= 0.3 is 0 Å². The van der Waals surface area contributed by atoms with Gasteiger partial charge in [0.05, 0.1) is 10.2 Å². The van der Waals surface area contributed by atoms with Crippen LogP contribution in [0.25, 0.3) is 16.0 Å². The summed E-state index contributed by atoms with van der Waals surface area (Å²) in [6.07, 6.45) is 5.04. The van der Waals surface area contributed by atoms with Gasteiger partial charge in [0, 0.05) is 11.9 Å². The number of aryl methyl sites for hydroxylation is 2. The lowest BCUT2D eigenvalue weighted by Crippen LogP contribution is -2.13. The van der Waals surface area contributed by atoms with E-state index in [0.29, 0.717) is 10.9 Å². The van der Waals surface area contributed by atoms with Crippen LogP contribution in [0.5, 0.6) is 0 Å². The maximum atomic E-state index is 12.5. The second kappa shape index (κ2) is 6.80. The number of fused-ring (bicyclic) bond motifs is 2. The molecule has 0 radical (unpaired) electrons. The Labute approximate surface area is 154 Å². The third-order valence-corrected chi connectivity index (χ3v) is 5.06. The second-order valence-corrected chi connectivity index (χ2v) is 7.14. The molecule has 0 aliphatic rings. The van der Waals surface area contributed by atoms with Gasteiger partial charge in [-0.25, -0.2) is 14.5 Å². The topological polar surface area (TPSA) is 85.1 Å². The first-order valence-corrected chi connectivity index (χ1v) is 9.35. The average Bonchev–Trinajstić information content (AvgIpc) is 3.23. The number of rotatable bonds is 5. The molecule has 0 fully saturated rings. The van der Waals surface area contributed by atoms with Crippen molar-refractivity contribution in [2.24, 2.45) is 0 Å². The van der Waals surface area contributed by atoms with Crippen molar-refractivity contribution in [3.8, 4) is 0 Å². The van der Waals surface area contributed by atoms with E-state index in [-0.39, 0.29) is 11.7 Å². The molecule has 8 heteroatoms. The Morgan fingerprint density at radius 1 is 1.27 bits per heavy atom. The van der Waals surface area contributed by atoms with Gasteiger partial charge in [0.15, 0.2) is 5.13 Å². The van der Waals surface area contributed by atoms with E-state index in [1.54, 1.807) is 10.7 Å². The molecule has 26 heavy (non-hydrogen) atoms. The van der Waals surface area contributed by atoms with Crippen molar-refractivity contribution in [2.45, 2.75) is 33.1 Å². The highest BCUT2D eigenvalue weighted by Gasteiger charge is 2.16. The molecule has 7 nitrogen and oxygen atoms in total. The molecule has 3 aromatic heterocycles. The van der Waals surface area contributed by atoms with Crippen molar-refractivity contribution in [1.82, 2.24) is 24.6 Å². The highest BCUT2D eigenvalue weighted by atomic mass is 32.1. The number of amides is 1. The molecule has 1 amide bonds. The van der Waals surface area contributed by atoms with Crippen molar-refractivity contribution in [1.29, 1.82) is 0 Å². The molecule has 132 valence electrons. The number of aromatic nitrogens is 5. The normalized spacial score (nSPS) is 11.3. The number of carbonyl (C=O) groups is 1. The molecule has 0 bridgehead atoms. The minimum atomic E-state index is -0.389. The second-order valence-electron chi connectivity index (χ2n) is 6.11. The van der Waals surface area contributed by atoms with Crippen LogP contribution in [-0.4, -0.2) is 30.5 Å². The van der Waals surface area contributed by atoms with Gasteiger partial charge in [0.1, 0.15) is 0 Å². The lowest BCUT2D eigenvalue weighted by Gasteiger charge is -1.98. The van der Waals surface area contributed by atoms with E-state index in [9.17, 15) is 4.79 Å². The quantitative estimate of drug-likeness (QED) is 0.583. The van der Waals surface area contributed by atoms with E-state index >= 15 is 0 Å². The summed E-state index contributed by atoms with van der Waals surface area (Å²) in [4.78, 5) is 25.2. The molecule has 4 rings (SSSR count). The molecule has 0 spiro atoms. The van der Waals surface area contributed by atoms with Crippen LogP contribution in [0.4, 0.5) is 5.13 Å². The fourth-order valence-electron chi connectivity index (χ4n) is 2.71. The zero-order valence-electron chi connectivity index (χ0n) is 14.6. The lowest BCUT2D eigenvalue weighted by atomic mass is 10.1. The van der Waals surface area contributed by atoms with Gasteiger partial charge in [-0.2, -0.15) is 4.98 Å². The maximum absolute atomic E-state index is 12.5. The van der Waals surface area contributed by atoms with Gasteiger partial charge in [-0.05, 0) is 43.5 Å². The Bertz CT molecular complexity index is 1100. The molecule has 4 aromatic rings. The van der Waals surface area contributed by atoms with Gasteiger partial charge in [-0.15, -0.1) is 5.10 Å². The molecular weight excluding hydrogens is 348 g/mol. The van der Waals surface area contributed by atoms with E-state index in [1.807, 2.05) is 19.1 Å². The van der Waals surface area contributed by atoms with Crippen LogP contribution in [0.1, 0.15) is 41.6 Å². The van der Waals surface area contributed by atoms with E-state index in [2.05, 4.69) is 44.4 Å². The van der Waals surface area contributed by atoms with Crippen molar-refractivity contribution in [3.05, 3.63) is 47.5 Å². The van der Waals surface area contributed by atoms with Crippen molar-refractivity contribution < 1.29 is 4.79 Å². The van der Waals surface area contributed by atoms with Gasteiger partial charge in [0.25, 0.3) is 11.7 Å². The first-order chi connectivity index (χ1) is 12.6. The molecule has 0 unspecified atom stereocenters. The maximum Gasteiger partial charge on any atom is 0.297 e. The summed E-state index contributed by atoms with van der Waals surface area (Å²) in [5.41, 5.74) is 3.04. The largest absolute Gasteiger partial charge is 0.297 e. The molecule has 0 aliphatic heterocycles. The van der Waals surface area contributed by atoms with Gasteiger partial charge < -0.3 is 0 Å². The molecule has 0 atom stereocenters. The summed E-state index contributed by atoms with van der Waals surface area (Å²) < 4.78 is 2.61. The number of anilines is 1. The number of hydrogen-bond donors (Lipinski definition) is 1. The molecule has 0 aliphatic carbocycles. The molecule has 0 saturated heterocycles. The Morgan fingerprint density at radius 2 is 2.15 bits per heavy atom. The fraction of sp³-hybridized carbons (Fsp3) is 0.278. The molecule has 0 saturated carbocycles. The zero-order chi connectivity index (χ0) is 18.1. The standard InChI is InChI=1S/C18H18N6OS/c1-3-4-5-12-6-7-13-14(10-12)26-18(20-13)22-16(25)15-21-17-19-9-8-11(2)24(17)23-15/h6-10H,3-5H2,1-2H3,(H,20,22,25). The monoisotopic (exact) mass is 366 g/mol. The van der Waals surface area contributed by atoms with E-state index < -0.39 is 0 Å². The summed E-state index contributed by atoms with van der Waals surface area (Å²) >= 11 is 1.46. The Kier molecular flexibility index (Phi) is 4.34. The highest BCUT2D eigenvalue weighted by molar-refractivity contribution is 7.22. The van der Waals surface area contributed by atoms with Gasteiger partial charge in [0.2, 0.25) is 5.82 Å². The number of benzene rings is 1. The molecule has 1 aromatic carbocycles. The van der Waals surface area contributed by atoms with Crippen molar-refractivity contribution in [3.63, 3.8) is 0 Å². The van der Waals surface area contributed by atoms with Crippen LogP contribution in [-0.2, 0) is 6.42 Å². The predicted octanol–water partition coefficient (Wildman–Crippen LogP) is 3.64. The van der Waals surface area contributed by atoms with Crippen LogP contribution >= 0.6 is 11.3 Å². The van der Waals surface area contributed by atoms with Crippen molar-refractivity contribution in [2.75, 3.05) is 5.32 Å². The van der Waals surface area contributed by atoms with Crippen LogP contribution < -0.4 is 5.32 Å². The SMILES string of the molecule is CCCCc1ccc2nc(NC(=O)c3nc4nccc(C)n4n3)sc2c1. The number of thiazole rings is 1. The number of unbranched alkanes of at least 4 members (excludes halogenated alkanes) is 1. The summed E-state index contributed by atoms with van der Waals surface area (Å²) in [7, 11) is 0. The van der Waals surface area contributed by atoms with Crippen LogP contribution in [0.3, 0.4) is 0 Å². The first kappa shape index (κ1) is 16.6. The molecule has 1 N–H and O–H groups in total. The Hall–Kier alpha value is -2.87. The summed E-state index contributed by atoms with van der Waals surface area (Å²) in [5, 5.41) is 7.55. The van der Waals surface area contributed by atoms with E-state index in [0.717, 1.165) is 22.3 Å². The lowest BCUT2D eigenvalue weighted by molar-refractivity contribution is 0.101. The smallest absolute Gasteiger partial charge is 0.295 e. The highest BCUT2D eigenvalue weighted by Crippen LogP contribution is 2.27. The fourth-order valence-corrected chi connectivity index (χ4v) is 3.64. The molecular formula is C18H18N6OS. The third-order valence-electron chi connectivity index (χ3n) is 4.13. The zero-order valence-corrected chi connectivity index (χ0v) is 15.4. The summed E-state index contributed by atoms with van der Waals surface area (Å²) in [5.74, 6) is 0.0925. The summed E-state index contributed by atoms with van der Waals surface area (Å²) in [6, 6.07) is 8.06. The first-order valence-electron chi connectivity index (χ1n) is 8.53. The number of nitrogens with zero attached hydrogens (tertiary/aromatic N) is 5. The Balaban J connectivity index is 1.57.